The maximum Gasteiger partial charge on any atom is 0.316 e. The highest BCUT2D eigenvalue weighted by molar-refractivity contribution is 6.05. The minimum Gasteiger partial charge on any atom is -0.481 e. The second-order valence-electron chi connectivity index (χ2n) is 4.41. The molecule has 1 atom stereocenters. The van der Waals surface area contributed by atoms with Gasteiger partial charge < -0.3 is 10.0 Å². The number of carboxylic acid groups (broad SMARTS) is 1. The number of carbonyl (C=O) groups excluding carboxylic acids is 1. The van der Waals surface area contributed by atoms with Crippen LogP contribution in [-0.2, 0) is 9.59 Å². The SMILES string of the molecule is CC(C)C(C(=O)O)C(=O)N(C)c1ccccc1F. The van der Waals surface area contributed by atoms with Crippen molar-refractivity contribution in [2.24, 2.45) is 11.8 Å². The summed E-state index contributed by atoms with van der Waals surface area (Å²) in [6, 6.07) is 5.76. The van der Waals surface area contributed by atoms with Crippen molar-refractivity contribution in [3.63, 3.8) is 0 Å². The highest BCUT2D eigenvalue weighted by Crippen LogP contribution is 2.22. The number of carboxylic acids is 1. The molecule has 0 aliphatic rings. The lowest BCUT2D eigenvalue weighted by atomic mass is 9.94. The van der Waals surface area contributed by atoms with Crippen LogP contribution in [-0.4, -0.2) is 24.0 Å². The molecule has 0 aromatic heterocycles. The van der Waals surface area contributed by atoms with Crippen molar-refractivity contribution >= 4 is 17.6 Å². The number of halogens is 1. The monoisotopic (exact) mass is 253 g/mol. The van der Waals surface area contributed by atoms with Gasteiger partial charge in [0.15, 0.2) is 0 Å². The Hall–Kier alpha value is -1.91. The Balaban J connectivity index is 3.03. The molecule has 0 heterocycles. The van der Waals surface area contributed by atoms with Crippen LogP contribution < -0.4 is 4.90 Å². The number of benzene rings is 1. The van der Waals surface area contributed by atoms with Crippen molar-refractivity contribution in [3.05, 3.63) is 30.1 Å². The van der Waals surface area contributed by atoms with Crippen LogP contribution in [0.3, 0.4) is 0 Å². The molecule has 0 aliphatic heterocycles. The molecule has 0 saturated heterocycles. The van der Waals surface area contributed by atoms with Crippen molar-refractivity contribution < 1.29 is 19.1 Å². The number of amides is 1. The highest BCUT2D eigenvalue weighted by Gasteiger charge is 2.33. The molecule has 0 radical (unpaired) electrons. The summed E-state index contributed by atoms with van der Waals surface area (Å²) in [5, 5.41) is 9.04. The number of rotatable bonds is 4. The van der Waals surface area contributed by atoms with Gasteiger partial charge in [-0.15, -0.1) is 0 Å². The fourth-order valence-electron chi connectivity index (χ4n) is 1.73. The molecule has 1 rings (SSSR count). The summed E-state index contributed by atoms with van der Waals surface area (Å²) in [5.74, 6) is -3.90. The van der Waals surface area contributed by atoms with Crippen LogP contribution in [0.2, 0.25) is 0 Å². The first-order valence-electron chi connectivity index (χ1n) is 5.61. The summed E-state index contributed by atoms with van der Waals surface area (Å²) < 4.78 is 13.5. The van der Waals surface area contributed by atoms with E-state index in [1.165, 1.54) is 25.2 Å². The molecule has 0 bridgehead atoms. The smallest absolute Gasteiger partial charge is 0.316 e. The van der Waals surface area contributed by atoms with Gasteiger partial charge in [0, 0.05) is 7.05 Å². The molecule has 1 aromatic rings. The van der Waals surface area contributed by atoms with E-state index in [2.05, 4.69) is 0 Å². The van der Waals surface area contributed by atoms with Crippen LogP contribution >= 0.6 is 0 Å². The zero-order valence-corrected chi connectivity index (χ0v) is 10.6. The van der Waals surface area contributed by atoms with E-state index in [0.29, 0.717) is 0 Å². The topological polar surface area (TPSA) is 57.6 Å². The maximum absolute atomic E-state index is 13.5. The van der Waals surface area contributed by atoms with Crippen LogP contribution in [0.15, 0.2) is 24.3 Å². The summed E-state index contributed by atoms with van der Waals surface area (Å²) in [6.45, 7) is 3.29. The fraction of sp³-hybridized carbons (Fsp3) is 0.385. The Morgan fingerprint density at radius 3 is 2.28 bits per heavy atom. The van der Waals surface area contributed by atoms with Gasteiger partial charge >= 0.3 is 5.97 Å². The Labute approximate surface area is 105 Å². The zero-order chi connectivity index (χ0) is 13.9. The van der Waals surface area contributed by atoms with E-state index in [0.717, 1.165) is 4.90 Å². The van der Waals surface area contributed by atoms with Gasteiger partial charge in [-0.05, 0) is 18.1 Å². The van der Waals surface area contributed by atoms with E-state index in [4.69, 9.17) is 5.11 Å². The predicted molar refractivity (Wildman–Crippen MR) is 65.8 cm³/mol. The van der Waals surface area contributed by atoms with Gasteiger partial charge in [0.2, 0.25) is 5.91 Å². The number of hydrogen-bond donors (Lipinski definition) is 1. The van der Waals surface area contributed by atoms with Crippen LogP contribution in [0.5, 0.6) is 0 Å². The molecule has 18 heavy (non-hydrogen) atoms. The van der Waals surface area contributed by atoms with Crippen molar-refractivity contribution in [1.82, 2.24) is 0 Å². The standard InChI is InChI=1S/C13H16FNO3/c1-8(2)11(13(17)18)12(16)15(3)10-7-5-4-6-9(10)14/h4-8,11H,1-3H3,(H,17,18). The molecule has 0 saturated carbocycles. The Bertz CT molecular complexity index is 459. The quantitative estimate of drug-likeness (QED) is 0.836. The summed E-state index contributed by atoms with van der Waals surface area (Å²) in [6.07, 6.45) is 0. The maximum atomic E-state index is 13.5. The molecule has 1 amide bonds. The van der Waals surface area contributed by atoms with Crippen molar-refractivity contribution in [2.75, 3.05) is 11.9 Å². The van der Waals surface area contributed by atoms with E-state index < -0.39 is 23.6 Å². The summed E-state index contributed by atoms with van der Waals surface area (Å²) in [7, 11) is 1.37. The van der Waals surface area contributed by atoms with E-state index in [1.807, 2.05) is 0 Å². The summed E-state index contributed by atoms with van der Waals surface area (Å²) >= 11 is 0. The van der Waals surface area contributed by atoms with E-state index in [1.54, 1.807) is 19.9 Å². The van der Waals surface area contributed by atoms with Crippen LogP contribution in [0.25, 0.3) is 0 Å². The van der Waals surface area contributed by atoms with Gasteiger partial charge in [0.05, 0.1) is 5.69 Å². The Morgan fingerprint density at radius 2 is 1.83 bits per heavy atom. The number of aliphatic carboxylic acids is 1. The first kappa shape index (κ1) is 14.2. The normalized spacial score (nSPS) is 12.3. The molecule has 5 heteroatoms. The molecule has 1 unspecified atom stereocenters. The third-order valence-electron chi connectivity index (χ3n) is 2.74. The molecular weight excluding hydrogens is 237 g/mol. The summed E-state index contributed by atoms with van der Waals surface area (Å²) in [4.78, 5) is 24.2. The minimum absolute atomic E-state index is 0.0781. The predicted octanol–water partition coefficient (Wildman–Crippen LogP) is 2.15. The largest absolute Gasteiger partial charge is 0.481 e. The Kier molecular flexibility index (Phi) is 4.42. The second-order valence-corrected chi connectivity index (χ2v) is 4.41. The lowest BCUT2D eigenvalue weighted by Crippen LogP contribution is -2.40. The molecule has 98 valence electrons. The van der Waals surface area contributed by atoms with Crippen molar-refractivity contribution in [3.8, 4) is 0 Å². The molecular formula is C13H16FNO3. The fourth-order valence-corrected chi connectivity index (χ4v) is 1.73. The lowest BCUT2D eigenvalue weighted by molar-refractivity contribution is -0.147. The zero-order valence-electron chi connectivity index (χ0n) is 10.6. The molecule has 0 aliphatic carbocycles. The third kappa shape index (κ3) is 2.85. The number of hydrogen-bond acceptors (Lipinski definition) is 2. The molecule has 0 fully saturated rings. The third-order valence-corrected chi connectivity index (χ3v) is 2.74. The summed E-state index contributed by atoms with van der Waals surface area (Å²) in [5.41, 5.74) is 0.0781. The van der Waals surface area contributed by atoms with E-state index >= 15 is 0 Å². The van der Waals surface area contributed by atoms with Crippen LogP contribution in [0.1, 0.15) is 13.8 Å². The molecule has 1 aromatic carbocycles. The van der Waals surface area contributed by atoms with Gasteiger partial charge in [0.25, 0.3) is 0 Å². The lowest BCUT2D eigenvalue weighted by Gasteiger charge is -2.23. The molecule has 1 N–H and O–H groups in total. The first-order valence-corrected chi connectivity index (χ1v) is 5.61. The van der Waals surface area contributed by atoms with Gasteiger partial charge in [-0.3, -0.25) is 9.59 Å². The van der Waals surface area contributed by atoms with Crippen molar-refractivity contribution in [2.45, 2.75) is 13.8 Å². The average Bonchev–Trinajstić information content (AvgIpc) is 2.27. The van der Waals surface area contributed by atoms with Gasteiger partial charge in [0.1, 0.15) is 11.7 Å². The molecule has 4 nitrogen and oxygen atoms in total. The first-order chi connectivity index (χ1) is 8.36. The van der Waals surface area contributed by atoms with Crippen LogP contribution in [0, 0.1) is 17.7 Å². The van der Waals surface area contributed by atoms with Crippen molar-refractivity contribution in [1.29, 1.82) is 0 Å². The van der Waals surface area contributed by atoms with Gasteiger partial charge in [-0.25, -0.2) is 4.39 Å². The minimum atomic E-state index is -1.20. The number of para-hydroxylation sites is 1. The van der Waals surface area contributed by atoms with E-state index in [9.17, 15) is 14.0 Å². The number of anilines is 1. The van der Waals surface area contributed by atoms with Gasteiger partial charge in [-0.2, -0.15) is 0 Å². The van der Waals surface area contributed by atoms with Crippen LogP contribution in [0.4, 0.5) is 10.1 Å². The second kappa shape index (κ2) is 5.62. The molecule has 0 spiro atoms. The van der Waals surface area contributed by atoms with Gasteiger partial charge in [-0.1, -0.05) is 26.0 Å². The number of carbonyl (C=O) groups is 2. The Morgan fingerprint density at radius 1 is 1.28 bits per heavy atom. The highest BCUT2D eigenvalue weighted by atomic mass is 19.1. The number of nitrogens with zero attached hydrogens (tertiary/aromatic N) is 1. The van der Waals surface area contributed by atoms with E-state index in [-0.39, 0.29) is 11.6 Å². The average molecular weight is 253 g/mol.